The molecule has 1 spiro atoms. The largest absolute Gasteiger partial charge is 0.317 e. The summed E-state index contributed by atoms with van der Waals surface area (Å²) in [6, 6.07) is 5.59. The monoisotopic (exact) mass is 428 g/mol. The molecule has 2 fully saturated rings. The molecule has 9 heteroatoms. The Balaban J connectivity index is 0.00000210. The summed E-state index contributed by atoms with van der Waals surface area (Å²) in [5.41, 5.74) is 1.39. The lowest BCUT2D eigenvalue weighted by Crippen LogP contribution is -2.35. The maximum Gasteiger partial charge on any atom is 0.287 e. The predicted octanol–water partition coefficient (Wildman–Crippen LogP) is 4.27. The first-order chi connectivity index (χ1) is 12.6. The lowest BCUT2D eigenvalue weighted by molar-refractivity contribution is -0.384. The summed E-state index contributed by atoms with van der Waals surface area (Å²) in [7, 11) is 0. The summed E-state index contributed by atoms with van der Waals surface area (Å²) in [5, 5.41) is 17.7. The van der Waals surface area contributed by atoms with Crippen LogP contribution in [0.25, 0.3) is 0 Å². The molecule has 0 bridgehead atoms. The van der Waals surface area contributed by atoms with Crippen molar-refractivity contribution in [3.05, 3.63) is 55.5 Å². The van der Waals surface area contributed by atoms with Gasteiger partial charge in [0.1, 0.15) is 10.0 Å². The fraction of sp³-hybridized carbons (Fsp3) is 0.500. The van der Waals surface area contributed by atoms with E-state index in [1.165, 1.54) is 25.3 Å². The summed E-state index contributed by atoms with van der Waals surface area (Å²) in [4.78, 5) is 17.5. The Kier molecular flexibility index (Phi) is 6.38. The number of nitrogens with zero attached hydrogens (tertiary/aromatic N) is 3. The van der Waals surface area contributed by atoms with Crippen molar-refractivity contribution in [2.24, 2.45) is 5.41 Å². The van der Waals surface area contributed by atoms with Gasteiger partial charge in [0.05, 0.1) is 11.5 Å². The van der Waals surface area contributed by atoms with Crippen LogP contribution in [0.3, 0.4) is 0 Å². The Morgan fingerprint density at radius 2 is 2.15 bits per heavy atom. The SMILES string of the molecule is Cl.O=[N+]([O-])c1ccc(CN(Cc2nccs2)C2CC23CCNCC3)cc1Cl. The third-order valence-electron chi connectivity index (χ3n) is 5.60. The molecule has 1 atom stereocenters. The maximum atomic E-state index is 11.0. The van der Waals surface area contributed by atoms with Crippen LogP contribution in [-0.4, -0.2) is 33.9 Å². The molecule has 6 nitrogen and oxygen atoms in total. The first-order valence-electron chi connectivity index (χ1n) is 8.83. The molecule has 1 saturated heterocycles. The number of hydrogen-bond donors (Lipinski definition) is 1. The number of aromatic nitrogens is 1. The molecule has 0 amide bonds. The van der Waals surface area contributed by atoms with Crippen molar-refractivity contribution >= 4 is 41.0 Å². The van der Waals surface area contributed by atoms with Crippen LogP contribution < -0.4 is 5.32 Å². The van der Waals surface area contributed by atoms with Crippen LogP contribution in [0.5, 0.6) is 0 Å². The maximum absolute atomic E-state index is 11.0. The van der Waals surface area contributed by atoms with Crippen molar-refractivity contribution in [1.29, 1.82) is 0 Å². The Bertz CT molecular complexity index is 797. The van der Waals surface area contributed by atoms with Gasteiger partial charge in [-0.1, -0.05) is 17.7 Å². The van der Waals surface area contributed by atoms with E-state index in [2.05, 4.69) is 15.2 Å². The van der Waals surface area contributed by atoms with E-state index in [4.69, 9.17) is 11.6 Å². The van der Waals surface area contributed by atoms with Gasteiger partial charge in [-0.3, -0.25) is 15.0 Å². The van der Waals surface area contributed by atoms with Gasteiger partial charge in [-0.15, -0.1) is 23.7 Å². The normalized spacial score (nSPS) is 20.4. The van der Waals surface area contributed by atoms with Gasteiger partial charge in [-0.2, -0.15) is 0 Å². The van der Waals surface area contributed by atoms with Crippen molar-refractivity contribution in [2.75, 3.05) is 13.1 Å². The van der Waals surface area contributed by atoms with Gasteiger partial charge in [-0.05, 0) is 49.4 Å². The molecule has 4 rings (SSSR count). The molecule has 1 aromatic heterocycles. The van der Waals surface area contributed by atoms with Gasteiger partial charge in [-0.25, -0.2) is 4.98 Å². The molecule has 1 unspecified atom stereocenters. The van der Waals surface area contributed by atoms with Gasteiger partial charge in [0.25, 0.3) is 5.69 Å². The Hall–Kier alpha value is -1.25. The summed E-state index contributed by atoms with van der Waals surface area (Å²) in [5.74, 6) is 0. The minimum Gasteiger partial charge on any atom is -0.317 e. The number of hydrogen-bond acceptors (Lipinski definition) is 6. The third-order valence-corrected chi connectivity index (χ3v) is 6.67. The fourth-order valence-electron chi connectivity index (χ4n) is 4.12. The Morgan fingerprint density at radius 3 is 2.78 bits per heavy atom. The lowest BCUT2D eigenvalue weighted by atomic mass is 9.93. The number of benzene rings is 1. The molecule has 2 aromatic rings. The highest BCUT2D eigenvalue weighted by atomic mass is 35.5. The number of thiazole rings is 1. The Morgan fingerprint density at radius 1 is 1.37 bits per heavy atom. The third kappa shape index (κ3) is 4.43. The molecular weight excluding hydrogens is 407 g/mol. The average Bonchev–Trinajstić information content (AvgIpc) is 3.04. The zero-order valence-corrected chi connectivity index (χ0v) is 17.2. The number of nitrogens with one attached hydrogen (secondary N) is 1. The minimum atomic E-state index is -0.440. The second kappa shape index (κ2) is 8.41. The summed E-state index contributed by atoms with van der Waals surface area (Å²) < 4.78 is 0. The average molecular weight is 429 g/mol. The van der Waals surface area contributed by atoms with Gasteiger partial charge >= 0.3 is 0 Å². The smallest absolute Gasteiger partial charge is 0.287 e. The van der Waals surface area contributed by atoms with Crippen molar-refractivity contribution in [3.63, 3.8) is 0 Å². The van der Waals surface area contributed by atoms with Crippen molar-refractivity contribution in [2.45, 2.75) is 38.4 Å². The zero-order chi connectivity index (χ0) is 18.1. The van der Waals surface area contributed by atoms with E-state index < -0.39 is 4.92 Å². The first kappa shape index (κ1) is 20.5. The summed E-state index contributed by atoms with van der Waals surface area (Å²) >= 11 is 7.78. The van der Waals surface area contributed by atoms with E-state index in [9.17, 15) is 10.1 Å². The molecule has 1 aromatic carbocycles. The molecule has 27 heavy (non-hydrogen) atoms. The fourth-order valence-corrected chi connectivity index (χ4v) is 5.03. The molecule has 1 aliphatic carbocycles. The highest BCUT2D eigenvalue weighted by molar-refractivity contribution is 7.09. The molecule has 1 aliphatic heterocycles. The van der Waals surface area contributed by atoms with Crippen molar-refractivity contribution in [3.8, 4) is 0 Å². The van der Waals surface area contributed by atoms with E-state index in [1.807, 2.05) is 17.6 Å². The molecule has 146 valence electrons. The first-order valence-corrected chi connectivity index (χ1v) is 10.1. The van der Waals surface area contributed by atoms with E-state index in [1.54, 1.807) is 17.4 Å². The number of nitro groups is 1. The van der Waals surface area contributed by atoms with Crippen LogP contribution in [0, 0.1) is 15.5 Å². The van der Waals surface area contributed by atoms with E-state index in [0.717, 1.165) is 36.8 Å². The van der Waals surface area contributed by atoms with Gasteiger partial charge in [0.2, 0.25) is 0 Å². The number of piperidine rings is 1. The van der Waals surface area contributed by atoms with Gasteiger partial charge in [0, 0.05) is 30.2 Å². The summed E-state index contributed by atoms with van der Waals surface area (Å²) in [6.45, 7) is 3.72. The van der Waals surface area contributed by atoms with E-state index in [-0.39, 0.29) is 23.1 Å². The second-order valence-corrected chi connectivity index (χ2v) is 8.59. The standard InChI is InChI=1S/C18H21ClN4O2S.ClH/c19-14-9-13(1-2-15(14)23(24)25)11-22(12-17-21-7-8-26-17)16-10-18(16)3-5-20-6-4-18;/h1-2,7-9,16,20H,3-6,10-12H2;1H. The van der Waals surface area contributed by atoms with Crippen molar-refractivity contribution in [1.82, 2.24) is 15.2 Å². The predicted molar refractivity (Wildman–Crippen MR) is 110 cm³/mol. The van der Waals surface area contributed by atoms with Crippen LogP contribution in [0.15, 0.2) is 29.8 Å². The van der Waals surface area contributed by atoms with E-state index >= 15 is 0 Å². The topological polar surface area (TPSA) is 71.3 Å². The highest BCUT2D eigenvalue weighted by Gasteiger charge is 2.56. The summed E-state index contributed by atoms with van der Waals surface area (Å²) in [6.07, 6.45) is 5.50. The molecule has 2 aliphatic rings. The number of rotatable bonds is 6. The lowest BCUT2D eigenvalue weighted by Gasteiger charge is -2.29. The molecule has 1 saturated carbocycles. The number of nitro benzene ring substituents is 1. The quantitative estimate of drug-likeness (QED) is 0.549. The molecule has 0 radical (unpaired) electrons. The van der Waals surface area contributed by atoms with E-state index in [0.29, 0.717) is 11.5 Å². The van der Waals surface area contributed by atoms with Crippen molar-refractivity contribution < 1.29 is 4.92 Å². The zero-order valence-electron chi connectivity index (χ0n) is 14.8. The van der Waals surface area contributed by atoms with Gasteiger partial charge in [0.15, 0.2) is 0 Å². The van der Waals surface area contributed by atoms with Crippen LogP contribution in [-0.2, 0) is 13.1 Å². The second-order valence-electron chi connectivity index (χ2n) is 7.21. The van der Waals surface area contributed by atoms with Crippen LogP contribution in [0.1, 0.15) is 29.8 Å². The molecular formula is C18H22Cl2N4O2S. The number of halogens is 2. The van der Waals surface area contributed by atoms with Crippen LogP contribution in [0.4, 0.5) is 5.69 Å². The van der Waals surface area contributed by atoms with Crippen LogP contribution >= 0.6 is 35.3 Å². The Labute approximate surface area is 173 Å². The molecule has 1 N–H and O–H groups in total. The molecule has 2 heterocycles. The minimum absolute atomic E-state index is 0. The highest BCUT2D eigenvalue weighted by Crippen LogP contribution is 2.56. The van der Waals surface area contributed by atoms with Crippen LogP contribution in [0.2, 0.25) is 5.02 Å². The van der Waals surface area contributed by atoms with Gasteiger partial charge < -0.3 is 5.32 Å².